The van der Waals surface area contributed by atoms with Gasteiger partial charge in [0.25, 0.3) is 5.69 Å². The summed E-state index contributed by atoms with van der Waals surface area (Å²) in [6.07, 6.45) is 1.13. The van der Waals surface area contributed by atoms with Gasteiger partial charge < -0.3 is 5.73 Å². The van der Waals surface area contributed by atoms with Crippen molar-refractivity contribution in [3.8, 4) is 0 Å². The summed E-state index contributed by atoms with van der Waals surface area (Å²) < 4.78 is 0.591. The first-order valence-corrected chi connectivity index (χ1v) is 7.66. The van der Waals surface area contributed by atoms with Crippen molar-refractivity contribution < 1.29 is 4.92 Å². The van der Waals surface area contributed by atoms with Gasteiger partial charge in [-0.25, -0.2) is 0 Å². The zero-order chi connectivity index (χ0) is 14.7. The molecule has 110 valence electrons. The molecule has 0 radical (unpaired) electrons. The molecule has 2 unspecified atom stereocenters. The van der Waals surface area contributed by atoms with Gasteiger partial charge in [0.2, 0.25) is 0 Å². The minimum Gasteiger partial charge on any atom is -0.330 e. The van der Waals surface area contributed by atoms with Crippen LogP contribution in [0.4, 0.5) is 5.69 Å². The lowest BCUT2D eigenvalue weighted by molar-refractivity contribution is -0.385. The van der Waals surface area contributed by atoms with Crippen LogP contribution in [-0.2, 0) is 6.54 Å². The standard InChI is InChI=1S/C14H20BrN3O2/c1-10-5-6-17(9-12(10)7-16)8-11-3-2-4-13(14(11)15)18(19)20/h2-4,10,12H,5-9,16H2,1H3. The summed E-state index contributed by atoms with van der Waals surface area (Å²) in [5.41, 5.74) is 6.91. The fourth-order valence-corrected chi connectivity index (χ4v) is 3.28. The van der Waals surface area contributed by atoms with E-state index in [-0.39, 0.29) is 10.6 Å². The highest BCUT2D eigenvalue weighted by Crippen LogP contribution is 2.30. The fraction of sp³-hybridized carbons (Fsp3) is 0.571. The zero-order valence-electron chi connectivity index (χ0n) is 11.6. The number of hydrogen-bond acceptors (Lipinski definition) is 4. The first kappa shape index (κ1) is 15.4. The quantitative estimate of drug-likeness (QED) is 0.675. The van der Waals surface area contributed by atoms with Crippen LogP contribution >= 0.6 is 15.9 Å². The second kappa shape index (κ2) is 6.65. The van der Waals surface area contributed by atoms with Crippen molar-refractivity contribution in [3.05, 3.63) is 38.3 Å². The molecule has 0 bridgehead atoms. The molecule has 2 atom stereocenters. The van der Waals surface area contributed by atoms with Crippen LogP contribution in [0.2, 0.25) is 0 Å². The molecule has 0 amide bonds. The van der Waals surface area contributed by atoms with E-state index in [1.54, 1.807) is 6.07 Å². The van der Waals surface area contributed by atoms with Crippen LogP contribution < -0.4 is 5.73 Å². The molecular formula is C14H20BrN3O2. The molecule has 1 aliphatic rings. The van der Waals surface area contributed by atoms with E-state index >= 15 is 0 Å². The third-order valence-corrected chi connectivity index (χ3v) is 5.07. The predicted octanol–water partition coefficient (Wildman–Crippen LogP) is 2.77. The van der Waals surface area contributed by atoms with E-state index in [0.29, 0.717) is 22.9 Å². The summed E-state index contributed by atoms with van der Waals surface area (Å²) in [5, 5.41) is 11.0. The zero-order valence-corrected chi connectivity index (χ0v) is 13.2. The highest BCUT2D eigenvalue weighted by Gasteiger charge is 2.26. The maximum atomic E-state index is 11.0. The lowest BCUT2D eigenvalue weighted by atomic mass is 9.87. The molecule has 1 aromatic rings. The third-order valence-electron chi connectivity index (χ3n) is 4.15. The molecule has 1 fully saturated rings. The molecule has 2 N–H and O–H groups in total. The number of nitrogens with zero attached hydrogens (tertiary/aromatic N) is 2. The number of piperidine rings is 1. The van der Waals surface area contributed by atoms with E-state index in [4.69, 9.17) is 5.73 Å². The molecule has 0 spiro atoms. The largest absolute Gasteiger partial charge is 0.330 e. The molecule has 0 saturated carbocycles. The molecule has 1 aromatic carbocycles. The Kier molecular flexibility index (Phi) is 5.12. The molecule has 1 aliphatic heterocycles. The van der Waals surface area contributed by atoms with E-state index in [9.17, 15) is 10.1 Å². The molecule has 6 heteroatoms. The van der Waals surface area contributed by atoms with Gasteiger partial charge >= 0.3 is 0 Å². The first-order valence-electron chi connectivity index (χ1n) is 6.87. The van der Waals surface area contributed by atoms with Crippen LogP contribution in [0.25, 0.3) is 0 Å². The second-order valence-electron chi connectivity index (χ2n) is 5.50. The molecule has 0 aromatic heterocycles. The average Bonchev–Trinajstić information content (AvgIpc) is 2.42. The third kappa shape index (κ3) is 3.37. The maximum absolute atomic E-state index is 11.0. The Morgan fingerprint density at radius 2 is 2.30 bits per heavy atom. The molecule has 1 heterocycles. The van der Waals surface area contributed by atoms with Gasteiger partial charge in [-0.15, -0.1) is 0 Å². The highest BCUT2D eigenvalue weighted by molar-refractivity contribution is 9.10. The summed E-state index contributed by atoms with van der Waals surface area (Å²) in [6.45, 7) is 5.66. The molecule has 5 nitrogen and oxygen atoms in total. The van der Waals surface area contributed by atoms with E-state index in [1.165, 1.54) is 6.07 Å². The van der Waals surface area contributed by atoms with E-state index < -0.39 is 0 Å². The molecule has 1 saturated heterocycles. The van der Waals surface area contributed by atoms with Gasteiger partial charge in [-0.2, -0.15) is 0 Å². The monoisotopic (exact) mass is 341 g/mol. The van der Waals surface area contributed by atoms with Gasteiger partial charge in [0.15, 0.2) is 0 Å². The Morgan fingerprint density at radius 3 is 2.95 bits per heavy atom. The number of likely N-dealkylation sites (tertiary alicyclic amines) is 1. The summed E-state index contributed by atoms with van der Waals surface area (Å²) in [7, 11) is 0. The highest BCUT2D eigenvalue weighted by atomic mass is 79.9. The minimum absolute atomic E-state index is 0.128. The van der Waals surface area contributed by atoms with Crippen molar-refractivity contribution in [2.45, 2.75) is 19.9 Å². The smallest absolute Gasteiger partial charge is 0.283 e. The van der Waals surface area contributed by atoms with Crippen molar-refractivity contribution in [2.75, 3.05) is 19.6 Å². The Balaban J connectivity index is 2.11. The summed E-state index contributed by atoms with van der Waals surface area (Å²) in [4.78, 5) is 12.9. The Morgan fingerprint density at radius 1 is 1.55 bits per heavy atom. The van der Waals surface area contributed by atoms with Crippen molar-refractivity contribution >= 4 is 21.6 Å². The summed E-state index contributed by atoms with van der Waals surface area (Å²) in [5.74, 6) is 1.17. The topological polar surface area (TPSA) is 72.4 Å². The molecular weight excluding hydrogens is 322 g/mol. The van der Waals surface area contributed by atoms with E-state index in [0.717, 1.165) is 31.6 Å². The van der Waals surface area contributed by atoms with Crippen molar-refractivity contribution in [3.63, 3.8) is 0 Å². The van der Waals surface area contributed by atoms with Crippen LogP contribution in [0.5, 0.6) is 0 Å². The van der Waals surface area contributed by atoms with Gasteiger partial charge in [0.1, 0.15) is 0 Å². The Hall–Kier alpha value is -0.980. The number of halogens is 1. The maximum Gasteiger partial charge on any atom is 0.283 e. The lowest BCUT2D eigenvalue weighted by Crippen LogP contribution is -2.42. The summed E-state index contributed by atoms with van der Waals surface area (Å²) >= 11 is 3.36. The SMILES string of the molecule is CC1CCN(Cc2cccc([N+](=O)[O-])c2Br)CC1CN. The Labute approximate surface area is 127 Å². The number of rotatable bonds is 4. The van der Waals surface area contributed by atoms with Crippen LogP contribution in [0.15, 0.2) is 22.7 Å². The summed E-state index contributed by atoms with van der Waals surface area (Å²) in [6, 6.07) is 5.20. The van der Waals surface area contributed by atoms with Crippen molar-refractivity contribution in [1.82, 2.24) is 4.90 Å². The van der Waals surface area contributed by atoms with Crippen molar-refractivity contribution in [1.29, 1.82) is 0 Å². The van der Waals surface area contributed by atoms with Crippen molar-refractivity contribution in [2.24, 2.45) is 17.6 Å². The lowest BCUT2D eigenvalue weighted by Gasteiger charge is -2.36. The number of benzene rings is 1. The molecule has 0 aliphatic carbocycles. The molecule has 2 rings (SSSR count). The van der Waals surface area contributed by atoms with Gasteiger partial charge in [0, 0.05) is 19.2 Å². The number of nitro benzene ring substituents is 1. The van der Waals surface area contributed by atoms with Crippen LogP contribution in [0.3, 0.4) is 0 Å². The Bertz CT molecular complexity index is 495. The van der Waals surface area contributed by atoms with Gasteiger partial charge in [-0.1, -0.05) is 19.1 Å². The van der Waals surface area contributed by atoms with Crippen LogP contribution in [0, 0.1) is 22.0 Å². The molecule has 20 heavy (non-hydrogen) atoms. The van der Waals surface area contributed by atoms with Crippen LogP contribution in [-0.4, -0.2) is 29.5 Å². The number of nitrogens with two attached hydrogens (primary N) is 1. The van der Waals surface area contributed by atoms with Gasteiger partial charge in [-0.05, 0) is 52.8 Å². The van der Waals surface area contributed by atoms with Crippen LogP contribution in [0.1, 0.15) is 18.9 Å². The van der Waals surface area contributed by atoms with Gasteiger partial charge in [-0.3, -0.25) is 15.0 Å². The number of nitro groups is 1. The first-order chi connectivity index (χ1) is 9.52. The minimum atomic E-state index is -0.353. The van der Waals surface area contributed by atoms with Gasteiger partial charge in [0.05, 0.1) is 9.40 Å². The number of hydrogen-bond donors (Lipinski definition) is 1. The average molecular weight is 342 g/mol. The predicted molar refractivity (Wildman–Crippen MR) is 82.4 cm³/mol. The van der Waals surface area contributed by atoms with E-state index in [1.807, 2.05) is 6.07 Å². The second-order valence-corrected chi connectivity index (χ2v) is 6.30. The normalized spacial score (nSPS) is 23.8. The van der Waals surface area contributed by atoms with E-state index in [2.05, 4.69) is 27.8 Å². The fourth-order valence-electron chi connectivity index (χ4n) is 2.75.